The SMILES string of the molecule is COCCNCc1c(C)nn(CCC(N)=O)c1C. The molecule has 0 aliphatic carbocycles. The number of rotatable bonds is 8. The predicted molar refractivity (Wildman–Crippen MR) is 69.1 cm³/mol. The molecule has 1 aromatic rings. The van der Waals surface area contributed by atoms with Crippen LogP contribution in [0.3, 0.4) is 0 Å². The molecule has 0 saturated carbocycles. The van der Waals surface area contributed by atoms with Crippen molar-refractivity contribution in [1.82, 2.24) is 15.1 Å². The maximum Gasteiger partial charge on any atom is 0.219 e. The summed E-state index contributed by atoms with van der Waals surface area (Å²) in [4.78, 5) is 10.8. The summed E-state index contributed by atoms with van der Waals surface area (Å²) in [6, 6.07) is 0. The van der Waals surface area contributed by atoms with E-state index in [1.54, 1.807) is 7.11 Å². The largest absolute Gasteiger partial charge is 0.383 e. The summed E-state index contributed by atoms with van der Waals surface area (Å²) in [7, 11) is 1.68. The molecule has 0 aliphatic heterocycles. The maximum atomic E-state index is 10.8. The minimum absolute atomic E-state index is 0.303. The van der Waals surface area contributed by atoms with E-state index in [0.717, 1.165) is 24.5 Å². The number of primary amides is 1. The van der Waals surface area contributed by atoms with Crippen molar-refractivity contribution >= 4 is 5.91 Å². The lowest BCUT2D eigenvalue weighted by molar-refractivity contribution is -0.118. The van der Waals surface area contributed by atoms with Crippen LogP contribution in [0.2, 0.25) is 0 Å². The van der Waals surface area contributed by atoms with Gasteiger partial charge in [-0.3, -0.25) is 9.48 Å². The van der Waals surface area contributed by atoms with Gasteiger partial charge in [0, 0.05) is 44.4 Å². The standard InChI is InChI=1S/C12H22N4O2/c1-9-11(8-14-5-7-18-3)10(2)16(15-9)6-4-12(13)17/h14H,4-8H2,1-3H3,(H2,13,17). The van der Waals surface area contributed by atoms with Crippen molar-refractivity contribution in [3.05, 3.63) is 17.0 Å². The summed E-state index contributed by atoms with van der Waals surface area (Å²) in [5, 5.41) is 7.71. The van der Waals surface area contributed by atoms with Gasteiger partial charge in [-0.05, 0) is 13.8 Å². The molecule has 0 radical (unpaired) electrons. The van der Waals surface area contributed by atoms with Crippen LogP contribution in [0.5, 0.6) is 0 Å². The number of nitrogens with one attached hydrogen (secondary N) is 1. The Morgan fingerprint density at radius 2 is 2.22 bits per heavy atom. The van der Waals surface area contributed by atoms with Crippen LogP contribution in [0.15, 0.2) is 0 Å². The van der Waals surface area contributed by atoms with Gasteiger partial charge in [0.15, 0.2) is 0 Å². The molecule has 1 rings (SSSR count). The molecule has 6 nitrogen and oxygen atoms in total. The smallest absolute Gasteiger partial charge is 0.219 e. The monoisotopic (exact) mass is 254 g/mol. The first-order valence-corrected chi connectivity index (χ1v) is 6.07. The summed E-state index contributed by atoms with van der Waals surface area (Å²) in [5.74, 6) is -0.303. The minimum atomic E-state index is -0.303. The van der Waals surface area contributed by atoms with Crippen LogP contribution in [0.4, 0.5) is 0 Å². The first-order chi connectivity index (χ1) is 8.56. The lowest BCUT2D eigenvalue weighted by atomic mass is 10.2. The molecule has 0 aromatic carbocycles. The topological polar surface area (TPSA) is 82.2 Å². The Bertz CT molecular complexity index is 401. The van der Waals surface area contributed by atoms with Crippen molar-refractivity contribution in [3.63, 3.8) is 0 Å². The molecule has 1 aromatic heterocycles. The zero-order valence-electron chi connectivity index (χ0n) is 11.3. The van der Waals surface area contributed by atoms with Crippen molar-refractivity contribution in [2.75, 3.05) is 20.3 Å². The van der Waals surface area contributed by atoms with Gasteiger partial charge in [-0.15, -0.1) is 0 Å². The molecule has 0 unspecified atom stereocenters. The second-order valence-corrected chi connectivity index (χ2v) is 4.26. The fraction of sp³-hybridized carbons (Fsp3) is 0.667. The fourth-order valence-corrected chi connectivity index (χ4v) is 1.81. The third-order valence-corrected chi connectivity index (χ3v) is 2.89. The van der Waals surface area contributed by atoms with Gasteiger partial charge in [-0.25, -0.2) is 0 Å². The van der Waals surface area contributed by atoms with Gasteiger partial charge in [0.05, 0.1) is 12.3 Å². The van der Waals surface area contributed by atoms with E-state index in [4.69, 9.17) is 10.5 Å². The molecule has 102 valence electrons. The molecule has 0 spiro atoms. The third kappa shape index (κ3) is 4.12. The highest BCUT2D eigenvalue weighted by molar-refractivity contribution is 5.73. The lowest BCUT2D eigenvalue weighted by Crippen LogP contribution is -2.19. The second-order valence-electron chi connectivity index (χ2n) is 4.26. The van der Waals surface area contributed by atoms with Gasteiger partial charge in [-0.1, -0.05) is 0 Å². The Kier molecular flexibility index (Phi) is 5.80. The Labute approximate surface area is 107 Å². The van der Waals surface area contributed by atoms with Gasteiger partial charge >= 0.3 is 0 Å². The minimum Gasteiger partial charge on any atom is -0.383 e. The molecule has 0 atom stereocenters. The number of nitrogens with two attached hydrogens (primary N) is 1. The zero-order chi connectivity index (χ0) is 13.5. The van der Waals surface area contributed by atoms with Crippen LogP contribution < -0.4 is 11.1 Å². The Morgan fingerprint density at radius 3 is 2.83 bits per heavy atom. The number of hydrogen-bond donors (Lipinski definition) is 2. The van der Waals surface area contributed by atoms with E-state index < -0.39 is 0 Å². The van der Waals surface area contributed by atoms with E-state index >= 15 is 0 Å². The number of hydrogen-bond acceptors (Lipinski definition) is 4. The average Bonchev–Trinajstić information content (AvgIpc) is 2.58. The van der Waals surface area contributed by atoms with Crippen LogP contribution in [-0.2, 0) is 22.6 Å². The van der Waals surface area contributed by atoms with Gasteiger partial charge < -0.3 is 15.8 Å². The molecule has 3 N–H and O–H groups in total. The Morgan fingerprint density at radius 1 is 1.50 bits per heavy atom. The highest BCUT2D eigenvalue weighted by atomic mass is 16.5. The van der Waals surface area contributed by atoms with Crippen molar-refractivity contribution in [2.24, 2.45) is 5.73 Å². The van der Waals surface area contributed by atoms with Gasteiger partial charge in [0.1, 0.15) is 0 Å². The zero-order valence-corrected chi connectivity index (χ0v) is 11.3. The van der Waals surface area contributed by atoms with Crippen LogP contribution in [0.1, 0.15) is 23.4 Å². The molecule has 0 aliphatic rings. The maximum absolute atomic E-state index is 10.8. The second kappa shape index (κ2) is 7.13. The number of aromatic nitrogens is 2. The van der Waals surface area contributed by atoms with E-state index in [-0.39, 0.29) is 5.91 Å². The highest BCUT2D eigenvalue weighted by Crippen LogP contribution is 2.13. The molecule has 18 heavy (non-hydrogen) atoms. The number of nitrogens with zero attached hydrogens (tertiary/aromatic N) is 2. The lowest BCUT2D eigenvalue weighted by Gasteiger charge is -2.06. The van der Waals surface area contributed by atoms with Crippen molar-refractivity contribution in [2.45, 2.75) is 33.4 Å². The molecule has 1 heterocycles. The van der Waals surface area contributed by atoms with Crippen molar-refractivity contribution < 1.29 is 9.53 Å². The molecule has 0 bridgehead atoms. The van der Waals surface area contributed by atoms with E-state index in [1.165, 1.54) is 5.56 Å². The normalized spacial score (nSPS) is 10.8. The summed E-state index contributed by atoms with van der Waals surface area (Å²) >= 11 is 0. The molecular formula is C12H22N4O2. The summed E-state index contributed by atoms with van der Waals surface area (Å²) < 4.78 is 6.82. The van der Waals surface area contributed by atoms with Gasteiger partial charge in [0.2, 0.25) is 5.91 Å². The molecule has 0 saturated heterocycles. The van der Waals surface area contributed by atoms with Crippen LogP contribution in [0, 0.1) is 13.8 Å². The van der Waals surface area contributed by atoms with Gasteiger partial charge in [-0.2, -0.15) is 5.10 Å². The number of carbonyl (C=O) groups excluding carboxylic acids is 1. The number of carbonyl (C=O) groups is 1. The first-order valence-electron chi connectivity index (χ1n) is 6.07. The molecule has 0 fully saturated rings. The van der Waals surface area contributed by atoms with E-state index in [2.05, 4.69) is 10.4 Å². The number of aryl methyl sites for hydroxylation is 2. The van der Waals surface area contributed by atoms with Crippen molar-refractivity contribution in [3.8, 4) is 0 Å². The number of amides is 1. The third-order valence-electron chi connectivity index (χ3n) is 2.89. The average molecular weight is 254 g/mol. The Balaban J connectivity index is 2.59. The summed E-state index contributed by atoms with van der Waals surface area (Å²) in [6.07, 6.45) is 0.318. The molecule has 1 amide bonds. The number of ether oxygens (including phenoxy) is 1. The highest BCUT2D eigenvalue weighted by Gasteiger charge is 2.11. The fourth-order valence-electron chi connectivity index (χ4n) is 1.81. The number of methoxy groups -OCH3 is 1. The molecule has 6 heteroatoms. The van der Waals surface area contributed by atoms with E-state index in [0.29, 0.717) is 19.6 Å². The van der Waals surface area contributed by atoms with Crippen LogP contribution in [0.25, 0.3) is 0 Å². The van der Waals surface area contributed by atoms with E-state index in [1.807, 2.05) is 18.5 Å². The molecular weight excluding hydrogens is 232 g/mol. The first kappa shape index (κ1) is 14.7. The van der Waals surface area contributed by atoms with Crippen molar-refractivity contribution in [1.29, 1.82) is 0 Å². The quantitative estimate of drug-likeness (QED) is 0.645. The van der Waals surface area contributed by atoms with Crippen LogP contribution in [-0.4, -0.2) is 35.9 Å². The summed E-state index contributed by atoms with van der Waals surface area (Å²) in [6.45, 7) is 6.78. The Hall–Kier alpha value is -1.40. The van der Waals surface area contributed by atoms with E-state index in [9.17, 15) is 4.79 Å². The summed E-state index contributed by atoms with van der Waals surface area (Å²) in [5.41, 5.74) is 8.39. The predicted octanol–water partition coefficient (Wildman–Crippen LogP) is 0.111. The van der Waals surface area contributed by atoms with Crippen LogP contribution >= 0.6 is 0 Å². The van der Waals surface area contributed by atoms with Gasteiger partial charge in [0.25, 0.3) is 0 Å².